The summed E-state index contributed by atoms with van der Waals surface area (Å²) in [4.78, 5) is 21.2. The predicted molar refractivity (Wildman–Crippen MR) is 81.6 cm³/mol. The molecule has 0 bridgehead atoms. The van der Waals surface area contributed by atoms with Gasteiger partial charge in [-0.15, -0.1) is 0 Å². The molecule has 1 aromatic heterocycles. The molecule has 0 unspecified atom stereocenters. The van der Waals surface area contributed by atoms with Crippen molar-refractivity contribution in [2.24, 2.45) is 0 Å². The molecule has 0 aliphatic heterocycles. The summed E-state index contributed by atoms with van der Waals surface area (Å²) >= 11 is 3.38. The van der Waals surface area contributed by atoms with E-state index in [0.717, 1.165) is 0 Å². The van der Waals surface area contributed by atoms with Gasteiger partial charge in [0, 0.05) is 19.4 Å². The molecule has 6 nitrogen and oxygen atoms in total. The number of carbonyl (C=O) groups excluding carboxylic acids is 1. The SMILES string of the molecule is COc1cc(Br)c(OC)c(C(=O)N(C)Cc2ncc[nH]2)c1. The highest BCUT2D eigenvalue weighted by atomic mass is 79.9. The summed E-state index contributed by atoms with van der Waals surface area (Å²) in [6.07, 6.45) is 3.37. The summed E-state index contributed by atoms with van der Waals surface area (Å²) in [5, 5.41) is 0. The van der Waals surface area contributed by atoms with Crippen LogP contribution in [-0.4, -0.2) is 42.0 Å². The molecule has 0 spiro atoms. The monoisotopic (exact) mass is 353 g/mol. The molecule has 2 aromatic rings. The van der Waals surface area contributed by atoms with Gasteiger partial charge in [-0.05, 0) is 28.1 Å². The van der Waals surface area contributed by atoms with Crippen LogP contribution in [0.15, 0.2) is 29.0 Å². The highest BCUT2D eigenvalue weighted by molar-refractivity contribution is 9.10. The lowest BCUT2D eigenvalue weighted by atomic mass is 10.1. The van der Waals surface area contributed by atoms with E-state index in [1.165, 1.54) is 7.11 Å². The van der Waals surface area contributed by atoms with Gasteiger partial charge in [0.25, 0.3) is 5.91 Å². The number of nitrogens with zero attached hydrogens (tertiary/aromatic N) is 2. The van der Waals surface area contributed by atoms with Crippen LogP contribution in [0.25, 0.3) is 0 Å². The second-order valence-electron chi connectivity index (χ2n) is 4.39. The second kappa shape index (κ2) is 6.62. The maximum absolute atomic E-state index is 12.6. The Balaban J connectivity index is 2.30. The number of halogens is 1. The first kappa shape index (κ1) is 15.4. The summed E-state index contributed by atoms with van der Waals surface area (Å²) < 4.78 is 11.2. The highest BCUT2D eigenvalue weighted by Crippen LogP contribution is 2.34. The van der Waals surface area contributed by atoms with Crippen molar-refractivity contribution in [3.63, 3.8) is 0 Å². The molecular formula is C14H16BrN3O3. The van der Waals surface area contributed by atoms with Crippen LogP contribution in [0.3, 0.4) is 0 Å². The molecule has 112 valence electrons. The number of imidazole rings is 1. The molecule has 1 N–H and O–H groups in total. The average molecular weight is 354 g/mol. The number of methoxy groups -OCH3 is 2. The van der Waals surface area contributed by atoms with Gasteiger partial charge in [-0.25, -0.2) is 4.98 Å². The Morgan fingerprint density at radius 1 is 1.38 bits per heavy atom. The molecule has 0 saturated carbocycles. The first-order chi connectivity index (χ1) is 10.1. The topological polar surface area (TPSA) is 67.5 Å². The Labute approximate surface area is 131 Å². The number of H-pyrrole nitrogens is 1. The Morgan fingerprint density at radius 3 is 2.71 bits per heavy atom. The number of rotatable bonds is 5. The zero-order valence-electron chi connectivity index (χ0n) is 12.0. The number of ether oxygens (including phenoxy) is 2. The fourth-order valence-corrected chi connectivity index (χ4v) is 2.54. The third-order valence-electron chi connectivity index (χ3n) is 2.98. The number of nitrogens with one attached hydrogen (secondary N) is 1. The van der Waals surface area contributed by atoms with Crippen molar-refractivity contribution in [2.45, 2.75) is 6.54 Å². The molecule has 0 fully saturated rings. The Morgan fingerprint density at radius 2 is 2.14 bits per heavy atom. The lowest BCUT2D eigenvalue weighted by molar-refractivity contribution is 0.0778. The number of aromatic amines is 1. The van der Waals surface area contributed by atoms with Crippen LogP contribution in [0.1, 0.15) is 16.2 Å². The van der Waals surface area contributed by atoms with E-state index in [9.17, 15) is 4.79 Å². The Hall–Kier alpha value is -2.02. The molecule has 0 saturated heterocycles. The number of hydrogen-bond donors (Lipinski definition) is 1. The van der Waals surface area contributed by atoms with Gasteiger partial charge < -0.3 is 19.4 Å². The van der Waals surface area contributed by atoms with Crippen LogP contribution in [0.2, 0.25) is 0 Å². The standard InChI is InChI=1S/C14H16BrN3O3/c1-18(8-12-16-4-5-17-12)14(19)10-6-9(20-2)7-11(15)13(10)21-3/h4-7H,8H2,1-3H3,(H,16,17). The molecular weight excluding hydrogens is 338 g/mol. The zero-order valence-corrected chi connectivity index (χ0v) is 13.6. The van der Waals surface area contributed by atoms with Gasteiger partial charge in [0.15, 0.2) is 0 Å². The van der Waals surface area contributed by atoms with Gasteiger partial charge in [-0.1, -0.05) is 0 Å². The van der Waals surface area contributed by atoms with E-state index < -0.39 is 0 Å². The van der Waals surface area contributed by atoms with Crippen molar-refractivity contribution in [3.8, 4) is 11.5 Å². The average Bonchev–Trinajstić information content (AvgIpc) is 2.98. The minimum atomic E-state index is -0.178. The maximum Gasteiger partial charge on any atom is 0.257 e. The summed E-state index contributed by atoms with van der Waals surface area (Å²) in [7, 11) is 4.78. The fourth-order valence-electron chi connectivity index (χ4n) is 1.94. The van der Waals surface area contributed by atoms with Crippen molar-refractivity contribution >= 4 is 21.8 Å². The lowest BCUT2D eigenvalue weighted by Crippen LogP contribution is -2.27. The van der Waals surface area contributed by atoms with Crippen molar-refractivity contribution in [1.29, 1.82) is 0 Å². The van der Waals surface area contributed by atoms with Gasteiger partial charge in [0.1, 0.15) is 17.3 Å². The molecule has 7 heteroatoms. The van der Waals surface area contributed by atoms with Crippen LogP contribution >= 0.6 is 15.9 Å². The van der Waals surface area contributed by atoms with Crippen molar-refractivity contribution in [3.05, 3.63) is 40.4 Å². The minimum absolute atomic E-state index is 0.178. The van der Waals surface area contributed by atoms with Crippen LogP contribution in [0.5, 0.6) is 11.5 Å². The summed E-state index contributed by atoms with van der Waals surface area (Å²) in [5.74, 6) is 1.60. The van der Waals surface area contributed by atoms with E-state index in [4.69, 9.17) is 9.47 Å². The third kappa shape index (κ3) is 3.36. The second-order valence-corrected chi connectivity index (χ2v) is 5.24. The predicted octanol–water partition coefficient (Wildman–Crippen LogP) is 2.46. The molecule has 2 rings (SSSR count). The summed E-state index contributed by atoms with van der Waals surface area (Å²) in [5.41, 5.74) is 0.429. The first-order valence-electron chi connectivity index (χ1n) is 6.22. The molecule has 1 aromatic carbocycles. The van der Waals surface area contributed by atoms with E-state index in [1.807, 2.05) is 0 Å². The molecule has 0 atom stereocenters. The smallest absolute Gasteiger partial charge is 0.257 e. The summed E-state index contributed by atoms with van der Waals surface area (Å²) in [6, 6.07) is 3.41. The van der Waals surface area contributed by atoms with E-state index in [0.29, 0.717) is 33.9 Å². The molecule has 0 aliphatic rings. The highest BCUT2D eigenvalue weighted by Gasteiger charge is 2.21. The van der Waals surface area contributed by atoms with Crippen LogP contribution in [-0.2, 0) is 6.54 Å². The van der Waals surface area contributed by atoms with Crippen molar-refractivity contribution < 1.29 is 14.3 Å². The quantitative estimate of drug-likeness (QED) is 0.896. The largest absolute Gasteiger partial charge is 0.497 e. The van der Waals surface area contributed by atoms with E-state index in [-0.39, 0.29) is 5.91 Å². The zero-order chi connectivity index (χ0) is 15.4. The number of aromatic nitrogens is 2. The van der Waals surface area contributed by atoms with Gasteiger partial charge in [0.2, 0.25) is 0 Å². The van der Waals surface area contributed by atoms with E-state index >= 15 is 0 Å². The summed E-state index contributed by atoms with van der Waals surface area (Å²) in [6.45, 7) is 0.379. The van der Waals surface area contributed by atoms with Gasteiger partial charge >= 0.3 is 0 Å². The fraction of sp³-hybridized carbons (Fsp3) is 0.286. The van der Waals surface area contributed by atoms with Crippen molar-refractivity contribution in [1.82, 2.24) is 14.9 Å². The van der Waals surface area contributed by atoms with Crippen molar-refractivity contribution in [2.75, 3.05) is 21.3 Å². The van der Waals surface area contributed by atoms with Gasteiger partial charge in [-0.2, -0.15) is 0 Å². The van der Waals surface area contributed by atoms with Crippen LogP contribution < -0.4 is 9.47 Å². The van der Waals surface area contributed by atoms with Gasteiger partial charge in [0.05, 0.1) is 30.8 Å². The van der Waals surface area contributed by atoms with E-state index in [2.05, 4.69) is 25.9 Å². The Bertz CT molecular complexity index is 629. The Kier molecular flexibility index (Phi) is 4.85. The molecule has 0 radical (unpaired) electrons. The molecule has 21 heavy (non-hydrogen) atoms. The van der Waals surface area contributed by atoms with Gasteiger partial charge in [-0.3, -0.25) is 4.79 Å². The molecule has 1 heterocycles. The number of hydrogen-bond acceptors (Lipinski definition) is 4. The van der Waals surface area contributed by atoms with Crippen LogP contribution in [0, 0.1) is 0 Å². The van der Waals surface area contributed by atoms with Crippen LogP contribution in [0.4, 0.5) is 0 Å². The van der Waals surface area contributed by atoms with E-state index in [1.54, 1.807) is 43.6 Å². The number of carbonyl (C=O) groups is 1. The first-order valence-corrected chi connectivity index (χ1v) is 7.01. The lowest BCUT2D eigenvalue weighted by Gasteiger charge is -2.19. The number of benzene rings is 1. The third-order valence-corrected chi connectivity index (χ3v) is 3.56. The maximum atomic E-state index is 12.6. The molecule has 0 aliphatic carbocycles. The minimum Gasteiger partial charge on any atom is -0.497 e. The number of amides is 1. The normalized spacial score (nSPS) is 10.3. The molecule has 1 amide bonds.